The van der Waals surface area contributed by atoms with Gasteiger partial charge in [-0.15, -0.1) is 0 Å². The number of allylic oxidation sites excluding steroid dienone is 2. The molecule has 0 aromatic heterocycles. The third kappa shape index (κ3) is 3.12. The Morgan fingerprint density at radius 2 is 1.80 bits per heavy atom. The van der Waals surface area contributed by atoms with Crippen LogP contribution < -0.4 is 5.32 Å². The average Bonchev–Trinajstić information content (AvgIpc) is 2.43. The van der Waals surface area contributed by atoms with Crippen molar-refractivity contribution < 1.29 is 19.5 Å². The number of hydrogen-bond acceptors (Lipinski definition) is 4. The summed E-state index contributed by atoms with van der Waals surface area (Å²) in [6, 6.07) is 6.71. The van der Waals surface area contributed by atoms with Crippen LogP contribution in [0.5, 0.6) is 0 Å². The first-order valence-electron chi connectivity index (χ1n) is 6.45. The summed E-state index contributed by atoms with van der Waals surface area (Å²) in [5.74, 6) is -1.21. The highest BCUT2D eigenvalue weighted by atomic mass is 16.4. The van der Waals surface area contributed by atoms with Crippen molar-refractivity contribution >= 4 is 17.5 Å². The smallest absolute Gasteiger partial charge is 0.303 e. The second kappa shape index (κ2) is 6.14. The fourth-order valence-corrected chi connectivity index (χ4v) is 2.07. The Labute approximate surface area is 116 Å². The number of aliphatic carboxylic acids is 1. The summed E-state index contributed by atoms with van der Waals surface area (Å²) < 4.78 is 0. The van der Waals surface area contributed by atoms with E-state index in [2.05, 4.69) is 5.32 Å². The van der Waals surface area contributed by atoms with E-state index in [0.29, 0.717) is 30.5 Å². The number of fused-ring (bicyclic) bond motifs is 1. The predicted molar refractivity (Wildman–Crippen MR) is 72.7 cm³/mol. The summed E-state index contributed by atoms with van der Waals surface area (Å²) in [6.45, 7) is 0.473. The van der Waals surface area contributed by atoms with Crippen LogP contribution in [-0.2, 0) is 4.79 Å². The van der Waals surface area contributed by atoms with Gasteiger partial charge in [-0.2, -0.15) is 0 Å². The Morgan fingerprint density at radius 3 is 2.50 bits per heavy atom. The van der Waals surface area contributed by atoms with Crippen molar-refractivity contribution in [3.63, 3.8) is 0 Å². The molecular formula is C15H15NO4. The molecule has 0 fully saturated rings. The maximum atomic E-state index is 12.2. The number of carbonyl (C=O) groups is 3. The second-order valence-corrected chi connectivity index (χ2v) is 4.57. The quantitative estimate of drug-likeness (QED) is 0.772. The molecule has 0 saturated carbocycles. The maximum absolute atomic E-state index is 12.2. The van der Waals surface area contributed by atoms with Crippen LogP contribution in [0.3, 0.4) is 0 Å². The van der Waals surface area contributed by atoms with Crippen molar-refractivity contribution in [3.05, 3.63) is 47.2 Å². The molecule has 5 heteroatoms. The summed E-state index contributed by atoms with van der Waals surface area (Å²) in [5.41, 5.74) is 1.12. The molecule has 104 valence electrons. The summed E-state index contributed by atoms with van der Waals surface area (Å²) >= 11 is 0. The zero-order valence-corrected chi connectivity index (χ0v) is 10.9. The van der Waals surface area contributed by atoms with Gasteiger partial charge in [0.25, 0.3) is 0 Å². The molecule has 0 amide bonds. The molecule has 0 bridgehead atoms. The van der Waals surface area contributed by atoms with E-state index in [1.54, 1.807) is 24.3 Å². The van der Waals surface area contributed by atoms with Crippen LogP contribution in [0.2, 0.25) is 0 Å². The highest BCUT2D eigenvalue weighted by Crippen LogP contribution is 2.19. The summed E-state index contributed by atoms with van der Waals surface area (Å²) in [5, 5.41) is 11.4. The minimum absolute atomic E-state index is 0.108. The minimum Gasteiger partial charge on any atom is -0.481 e. The minimum atomic E-state index is -0.831. The summed E-state index contributed by atoms with van der Waals surface area (Å²) in [4.78, 5) is 34.4. The van der Waals surface area contributed by atoms with Crippen molar-refractivity contribution in [1.82, 2.24) is 5.32 Å². The van der Waals surface area contributed by atoms with Crippen LogP contribution in [-0.4, -0.2) is 29.2 Å². The molecule has 0 heterocycles. The van der Waals surface area contributed by atoms with Crippen LogP contribution in [0.1, 0.15) is 40.0 Å². The molecule has 2 N–H and O–H groups in total. The van der Waals surface area contributed by atoms with E-state index in [4.69, 9.17) is 5.11 Å². The van der Waals surface area contributed by atoms with Crippen LogP contribution in [0, 0.1) is 0 Å². The SMILES string of the molecule is O=C(O)CCCCNC1=CC(=O)c2ccccc2C1=O. The van der Waals surface area contributed by atoms with E-state index in [9.17, 15) is 14.4 Å². The molecule has 1 aromatic carbocycles. The van der Waals surface area contributed by atoms with Crippen molar-refractivity contribution in [2.45, 2.75) is 19.3 Å². The average molecular weight is 273 g/mol. The predicted octanol–water partition coefficient (Wildman–Crippen LogP) is 1.79. The van der Waals surface area contributed by atoms with E-state index in [1.165, 1.54) is 6.08 Å². The lowest BCUT2D eigenvalue weighted by Gasteiger charge is -2.16. The zero-order chi connectivity index (χ0) is 14.5. The van der Waals surface area contributed by atoms with Crippen molar-refractivity contribution in [3.8, 4) is 0 Å². The number of hydrogen-bond donors (Lipinski definition) is 2. The highest BCUT2D eigenvalue weighted by Gasteiger charge is 2.24. The maximum Gasteiger partial charge on any atom is 0.303 e. The normalized spacial score (nSPS) is 13.7. The Balaban J connectivity index is 1.95. The van der Waals surface area contributed by atoms with Crippen LogP contribution in [0.25, 0.3) is 0 Å². The standard InChI is InChI=1S/C15H15NO4/c17-13-9-12(16-8-4-3-7-14(18)19)15(20)11-6-2-1-5-10(11)13/h1-2,5-6,9,16H,3-4,7-8H2,(H,18,19). The van der Waals surface area contributed by atoms with Gasteiger partial charge in [0.1, 0.15) is 0 Å². The Hall–Kier alpha value is -2.43. The molecule has 2 rings (SSSR count). The van der Waals surface area contributed by atoms with Gasteiger partial charge in [-0.3, -0.25) is 14.4 Å². The number of nitrogens with one attached hydrogen (secondary N) is 1. The van der Waals surface area contributed by atoms with Crippen molar-refractivity contribution in [1.29, 1.82) is 0 Å². The third-order valence-electron chi connectivity index (χ3n) is 3.09. The first kappa shape index (κ1) is 14.0. The number of Topliss-reactive ketones (excluding diaryl/α,β-unsaturated/α-hetero) is 1. The van der Waals surface area contributed by atoms with E-state index in [-0.39, 0.29) is 23.7 Å². The molecule has 5 nitrogen and oxygen atoms in total. The molecule has 0 radical (unpaired) electrons. The Kier molecular flexibility index (Phi) is 4.30. The van der Waals surface area contributed by atoms with E-state index in [0.717, 1.165) is 0 Å². The number of rotatable bonds is 6. The first-order valence-corrected chi connectivity index (χ1v) is 6.45. The first-order chi connectivity index (χ1) is 9.59. The Morgan fingerprint density at radius 1 is 1.10 bits per heavy atom. The van der Waals surface area contributed by atoms with Crippen LogP contribution >= 0.6 is 0 Å². The molecule has 1 aliphatic carbocycles. The van der Waals surface area contributed by atoms with Gasteiger partial charge in [-0.1, -0.05) is 24.3 Å². The Bertz CT molecular complexity index is 589. The van der Waals surface area contributed by atoms with Gasteiger partial charge in [-0.05, 0) is 12.8 Å². The highest BCUT2D eigenvalue weighted by molar-refractivity contribution is 6.24. The lowest BCUT2D eigenvalue weighted by molar-refractivity contribution is -0.137. The summed E-state index contributed by atoms with van der Waals surface area (Å²) in [7, 11) is 0. The van der Waals surface area contributed by atoms with Crippen LogP contribution in [0.15, 0.2) is 36.0 Å². The van der Waals surface area contributed by atoms with Gasteiger partial charge < -0.3 is 10.4 Å². The molecule has 1 aromatic rings. The van der Waals surface area contributed by atoms with Gasteiger partial charge in [0.15, 0.2) is 5.78 Å². The topological polar surface area (TPSA) is 83.5 Å². The summed E-state index contributed by atoms with van der Waals surface area (Å²) in [6.07, 6.45) is 2.58. The van der Waals surface area contributed by atoms with Gasteiger partial charge in [0, 0.05) is 30.2 Å². The second-order valence-electron chi connectivity index (χ2n) is 4.57. The van der Waals surface area contributed by atoms with Crippen molar-refractivity contribution in [2.75, 3.05) is 6.54 Å². The van der Waals surface area contributed by atoms with Gasteiger partial charge in [0.05, 0.1) is 5.70 Å². The molecule has 0 spiro atoms. The molecule has 1 aliphatic rings. The number of carboxylic acid groups (broad SMARTS) is 1. The molecule has 20 heavy (non-hydrogen) atoms. The largest absolute Gasteiger partial charge is 0.481 e. The van der Waals surface area contributed by atoms with E-state index >= 15 is 0 Å². The fraction of sp³-hybridized carbons (Fsp3) is 0.267. The third-order valence-corrected chi connectivity index (χ3v) is 3.09. The van der Waals surface area contributed by atoms with Crippen molar-refractivity contribution in [2.24, 2.45) is 0 Å². The fourth-order valence-electron chi connectivity index (χ4n) is 2.07. The number of unbranched alkanes of at least 4 members (excludes halogenated alkanes) is 1. The van der Waals surface area contributed by atoms with Crippen LogP contribution in [0.4, 0.5) is 0 Å². The lowest BCUT2D eigenvalue weighted by Crippen LogP contribution is -2.27. The lowest BCUT2D eigenvalue weighted by atomic mass is 9.93. The van der Waals surface area contributed by atoms with Gasteiger partial charge >= 0.3 is 5.97 Å². The molecule has 0 unspecified atom stereocenters. The molecule has 0 saturated heterocycles. The number of benzene rings is 1. The molecule has 0 atom stereocenters. The zero-order valence-electron chi connectivity index (χ0n) is 10.9. The number of carbonyl (C=O) groups excluding carboxylic acids is 2. The van der Waals surface area contributed by atoms with E-state index in [1.807, 2.05) is 0 Å². The van der Waals surface area contributed by atoms with Gasteiger partial charge in [0.2, 0.25) is 5.78 Å². The van der Waals surface area contributed by atoms with E-state index < -0.39 is 5.97 Å². The molecular weight excluding hydrogens is 258 g/mol. The monoisotopic (exact) mass is 273 g/mol. The number of ketones is 2. The number of carboxylic acids is 1. The van der Waals surface area contributed by atoms with Gasteiger partial charge in [-0.25, -0.2) is 0 Å². The molecule has 0 aliphatic heterocycles.